The number of halogens is 1. The van der Waals surface area contributed by atoms with E-state index in [1.54, 1.807) is 16.2 Å². The molecular weight excluding hydrogens is 306 g/mol. The first kappa shape index (κ1) is 14.3. The normalized spacial score (nSPS) is 13.1. The Balaban J connectivity index is 2.67. The molecule has 1 aromatic carbocycles. The van der Waals surface area contributed by atoms with Crippen molar-refractivity contribution in [2.45, 2.75) is 25.8 Å². The molecule has 0 saturated carbocycles. The maximum atomic E-state index is 12.0. The summed E-state index contributed by atoms with van der Waals surface area (Å²) >= 11 is 3.63. The third kappa shape index (κ3) is 2.37. The summed E-state index contributed by atoms with van der Waals surface area (Å²) in [4.78, 5) is 12.0. The molecule has 5 heteroatoms. The second kappa shape index (κ2) is 5.51. The number of nitrogens with one attached hydrogen (secondary N) is 1. The fourth-order valence-corrected chi connectivity index (χ4v) is 3.15. The minimum Gasteiger partial charge on any atom is -0.313 e. The van der Waals surface area contributed by atoms with E-state index in [9.17, 15) is 4.79 Å². The van der Waals surface area contributed by atoms with Crippen LogP contribution < -0.4 is 11.0 Å². The van der Waals surface area contributed by atoms with E-state index in [1.807, 2.05) is 20.2 Å². The highest BCUT2D eigenvalue weighted by atomic mass is 79.9. The van der Waals surface area contributed by atoms with Gasteiger partial charge in [0.1, 0.15) is 0 Å². The lowest BCUT2D eigenvalue weighted by Gasteiger charge is -2.17. The van der Waals surface area contributed by atoms with Crippen LogP contribution in [0.4, 0.5) is 0 Å². The predicted octanol–water partition coefficient (Wildman–Crippen LogP) is 2.70. The molecule has 0 fully saturated rings. The number of aryl methyl sites for hydroxylation is 2. The lowest BCUT2D eigenvalue weighted by Crippen LogP contribution is -2.19. The predicted molar refractivity (Wildman–Crippen MR) is 82.6 cm³/mol. The lowest BCUT2D eigenvalue weighted by molar-refractivity contribution is 0.540. The van der Waals surface area contributed by atoms with E-state index in [2.05, 4.69) is 34.2 Å². The zero-order valence-electron chi connectivity index (χ0n) is 11.8. The van der Waals surface area contributed by atoms with E-state index in [1.165, 1.54) is 5.56 Å². The lowest BCUT2D eigenvalue weighted by atomic mass is 10.0. The minimum atomic E-state index is 0.00977. The molecule has 0 amide bonds. The molecule has 4 nitrogen and oxygen atoms in total. The van der Waals surface area contributed by atoms with E-state index in [0.29, 0.717) is 6.04 Å². The van der Waals surface area contributed by atoms with Crippen LogP contribution in [0.25, 0.3) is 11.0 Å². The van der Waals surface area contributed by atoms with Crippen LogP contribution in [0, 0.1) is 0 Å². The van der Waals surface area contributed by atoms with Crippen LogP contribution in [-0.4, -0.2) is 16.2 Å². The summed E-state index contributed by atoms with van der Waals surface area (Å²) < 4.78 is 4.43. The summed E-state index contributed by atoms with van der Waals surface area (Å²) in [5.74, 6) is 0. The maximum absolute atomic E-state index is 12.0. The van der Waals surface area contributed by atoms with E-state index >= 15 is 0 Å². The average Bonchev–Trinajstić information content (AvgIpc) is 2.60. The molecule has 0 aliphatic carbocycles. The first-order chi connectivity index (χ1) is 9.01. The van der Waals surface area contributed by atoms with Crippen molar-refractivity contribution in [3.63, 3.8) is 0 Å². The number of rotatable bonds is 4. The Hall–Kier alpha value is -1.07. The van der Waals surface area contributed by atoms with Crippen molar-refractivity contribution in [3.8, 4) is 0 Å². The highest BCUT2D eigenvalue weighted by Gasteiger charge is 2.16. The second-order valence-electron chi connectivity index (χ2n) is 4.89. The highest BCUT2D eigenvalue weighted by molar-refractivity contribution is 9.10. The van der Waals surface area contributed by atoms with Gasteiger partial charge in [-0.3, -0.25) is 9.13 Å². The van der Waals surface area contributed by atoms with Gasteiger partial charge in [-0.25, -0.2) is 4.79 Å². The molecular formula is C14H20BrN3O. The topological polar surface area (TPSA) is 39.0 Å². The van der Waals surface area contributed by atoms with Crippen molar-refractivity contribution in [1.29, 1.82) is 0 Å². The molecule has 1 atom stereocenters. The number of hydrogen-bond donors (Lipinski definition) is 1. The number of imidazole rings is 1. The molecule has 1 aromatic heterocycles. The van der Waals surface area contributed by atoms with Gasteiger partial charge in [-0.05, 0) is 31.2 Å². The highest BCUT2D eigenvalue weighted by Crippen LogP contribution is 2.30. The number of benzene rings is 1. The summed E-state index contributed by atoms with van der Waals surface area (Å²) in [6, 6.07) is 4.45. The van der Waals surface area contributed by atoms with E-state index in [4.69, 9.17) is 0 Å². The molecule has 1 N–H and O–H groups in total. The molecule has 0 saturated heterocycles. The molecule has 0 spiro atoms. The van der Waals surface area contributed by atoms with Gasteiger partial charge in [0, 0.05) is 24.6 Å². The molecule has 19 heavy (non-hydrogen) atoms. The fourth-order valence-electron chi connectivity index (χ4n) is 2.55. The van der Waals surface area contributed by atoms with Gasteiger partial charge in [0.2, 0.25) is 0 Å². The average molecular weight is 326 g/mol. The molecule has 2 rings (SSSR count). The largest absolute Gasteiger partial charge is 0.328 e. The third-order valence-electron chi connectivity index (χ3n) is 3.69. The summed E-state index contributed by atoms with van der Waals surface area (Å²) in [6.45, 7) is 2.18. The van der Waals surface area contributed by atoms with Crippen LogP contribution in [0.15, 0.2) is 21.4 Å². The fraction of sp³-hybridized carbons (Fsp3) is 0.500. The van der Waals surface area contributed by atoms with Gasteiger partial charge >= 0.3 is 5.69 Å². The van der Waals surface area contributed by atoms with Gasteiger partial charge in [0.05, 0.1) is 11.0 Å². The number of fused-ring (bicyclic) bond motifs is 1. The molecule has 1 unspecified atom stereocenters. The van der Waals surface area contributed by atoms with E-state index in [0.717, 1.165) is 28.3 Å². The Labute approximate surface area is 121 Å². The van der Waals surface area contributed by atoms with E-state index < -0.39 is 0 Å². The van der Waals surface area contributed by atoms with Gasteiger partial charge in [-0.1, -0.05) is 29.3 Å². The van der Waals surface area contributed by atoms with Crippen molar-refractivity contribution in [1.82, 2.24) is 14.5 Å². The Morgan fingerprint density at radius 2 is 1.84 bits per heavy atom. The van der Waals surface area contributed by atoms with Crippen LogP contribution in [0.3, 0.4) is 0 Å². The second-order valence-corrected chi connectivity index (χ2v) is 5.75. The molecule has 0 radical (unpaired) electrons. The van der Waals surface area contributed by atoms with Crippen molar-refractivity contribution in [3.05, 3.63) is 32.7 Å². The molecule has 0 aliphatic rings. The van der Waals surface area contributed by atoms with Gasteiger partial charge < -0.3 is 5.32 Å². The minimum absolute atomic E-state index is 0.00977. The Kier molecular flexibility index (Phi) is 4.16. The third-order valence-corrected chi connectivity index (χ3v) is 4.38. The van der Waals surface area contributed by atoms with Crippen molar-refractivity contribution in [2.24, 2.45) is 14.1 Å². The van der Waals surface area contributed by atoms with Crippen LogP contribution >= 0.6 is 15.9 Å². The molecule has 104 valence electrons. The summed E-state index contributed by atoms with van der Waals surface area (Å²) in [5, 5.41) is 3.34. The Morgan fingerprint density at radius 1 is 1.26 bits per heavy atom. The summed E-state index contributed by atoms with van der Waals surface area (Å²) in [5.41, 5.74) is 3.14. The molecule has 2 aromatic rings. The standard InChI is InChI=1S/C14H20BrN3O/c1-5-6-11(16-2)9-7-12-13(8-10(9)15)18(4)14(19)17(12)3/h7-8,11,16H,5-6H2,1-4H3. The number of hydrogen-bond acceptors (Lipinski definition) is 2. The monoisotopic (exact) mass is 325 g/mol. The van der Waals surface area contributed by atoms with Crippen molar-refractivity contribution in [2.75, 3.05) is 7.05 Å². The zero-order chi connectivity index (χ0) is 14.2. The number of nitrogens with zero attached hydrogens (tertiary/aromatic N) is 2. The smallest absolute Gasteiger partial charge is 0.313 e. The van der Waals surface area contributed by atoms with Crippen LogP contribution in [0.1, 0.15) is 31.4 Å². The SMILES string of the molecule is CCCC(NC)c1cc2c(cc1Br)n(C)c(=O)n2C. The number of aromatic nitrogens is 2. The van der Waals surface area contributed by atoms with Crippen LogP contribution in [0.2, 0.25) is 0 Å². The molecule has 0 aliphatic heterocycles. The van der Waals surface area contributed by atoms with Crippen LogP contribution in [0.5, 0.6) is 0 Å². The Bertz CT molecular complexity index is 657. The van der Waals surface area contributed by atoms with Gasteiger partial charge in [-0.15, -0.1) is 0 Å². The van der Waals surface area contributed by atoms with Crippen molar-refractivity contribution < 1.29 is 0 Å². The first-order valence-corrected chi connectivity index (χ1v) is 7.32. The summed E-state index contributed by atoms with van der Waals surface area (Å²) in [6.07, 6.45) is 2.19. The van der Waals surface area contributed by atoms with Gasteiger partial charge in [0.15, 0.2) is 0 Å². The molecule has 1 heterocycles. The Morgan fingerprint density at radius 3 is 2.37 bits per heavy atom. The van der Waals surface area contributed by atoms with Crippen LogP contribution in [-0.2, 0) is 14.1 Å². The molecule has 0 bridgehead atoms. The first-order valence-electron chi connectivity index (χ1n) is 6.53. The van der Waals surface area contributed by atoms with E-state index in [-0.39, 0.29) is 5.69 Å². The van der Waals surface area contributed by atoms with Crippen molar-refractivity contribution >= 4 is 27.0 Å². The van der Waals surface area contributed by atoms with Gasteiger partial charge in [-0.2, -0.15) is 0 Å². The quantitative estimate of drug-likeness (QED) is 0.938. The summed E-state index contributed by atoms with van der Waals surface area (Å²) in [7, 11) is 5.59. The van der Waals surface area contributed by atoms with Gasteiger partial charge in [0.25, 0.3) is 0 Å². The maximum Gasteiger partial charge on any atom is 0.328 e. The zero-order valence-corrected chi connectivity index (χ0v) is 13.4.